The van der Waals surface area contributed by atoms with Gasteiger partial charge in [-0.3, -0.25) is 4.79 Å². The van der Waals surface area contributed by atoms with Crippen molar-refractivity contribution in [3.05, 3.63) is 57.6 Å². The van der Waals surface area contributed by atoms with Crippen LogP contribution >= 0.6 is 23.2 Å². The van der Waals surface area contributed by atoms with Crippen molar-refractivity contribution in [1.82, 2.24) is 0 Å². The first-order valence-electron chi connectivity index (χ1n) is 7.29. The van der Waals surface area contributed by atoms with Gasteiger partial charge in [0.1, 0.15) is 0 Å². The highest BCUT2D eigenvalue weighted by molar-refractivity contribution is 6.32. The number of methoxy groups -OCH3 is 2. The van der Waals surface area contributed by atoms with E-state index < -0.39 is 12.1 Å². The maximum atomic E-state index is 12.3. The Kier molecular flexibility index (Phi) is 6.28. The monoisotopic (exact) mass is 382 g/mol. The van der Waals surface area contributed by atoms with E-state index in [0.29, 0.717) is 22.1 Å². The molecule has 7 heteroatoms. The minimum atomic E-state index is -0.972. The summed E-state index contributed by atoms with van der Waals surface area (Å²) < 4.78 is 15.5. The molecule has 0 fully saturated rings. The number of hydrogen-bond donors (Lipinski definition) is 0. The molecular weight excluding hydrogens is 367 g/mol. The molecule has 0 aromatic heterocycles. The summed E-state index contributed by atoms with van der Waals surface area (Å²) in [5, 5.41) is 0.714. The van der Waals surface area contributed by atoms with Gasteiger partial charge in [0.2, 0.25) is 5.78 Å². The van der Waals surface area contributed by atoms with E-state index in [1.165, 1.54) is 33.3 Å². The summed E-state index contributed by atoms with van der Waals surface area (Å²) in [5.74, 6) is -0.432. The maximum Gasteiger partial charge on any atom is 0.339 e. The molecule has 0 bridgehead atoms. The third-order valence-corrected chi connectivity index (χ3v) is 3.98. The lowest BCUT2D eigenvalue weighted by Crippen LogP contribution is -2.24. The summed E-state index contributed by atoms with van der Waals surface area (Å²) in [5.41, 5.74) is 0.549. The minimum absolute atomic E-state index is 0.151. The van der Waals surface area contributed by atoms with Crippen LogP contribution in [-0.4, -0.2) is 32.1 Å². The van der Waals surface area contributed by atoms with Crippen LogP contribution in [0.5, 0.6) is 11.5 Å². The molecule has 0 N–H and O–H groups in total. The van der Waals surface area contributed by atoms with Gasteiger partial charge in [-0.15, -0.1) is 0 Å². The Hall–Kier alpha value is -2.24. The van der Waals surface area contributed by atoms with Gasteiger partial charge in [0.15, 0.2) is 17.6 Å². The highest BCUT2D eigenvalue weighted by Gasteiger charge is 2.22. The molecular formula is C18H16Cl2O5. The van der Waals surface area contributed by atoms with Gasteiger partial charge in [0.25, 0.3) is 0 Å². The molecule has 0 spiro atoms. The number of hydrogen-bond acceptors (Lipinski definition) is 5. The fraction of sp³-hybridized carbons (Fsp3) is 0.222. The second kappa shape index (κ2) is 8.23. The molecule has 0 aliphatic rings. The van der Waals surface area contributed by atoms with Crippen LogP contribution in [0.15, 0.2) is 36.4 Å². The summed E-state index contributed by atoms with van der Waals surface area (Å²) >= 11 is 11.9. The van der Waals surface area contributed by atoms with Gasteiger partial charge < -0.3 is 14.2 Å². The van der Waals surface area contributed by atoms with E-state index in [2.05, 4.69) is 0 Å². The Morgan fingerprint density at radius 1 is 0.960 bits per heavy atom. The summed E-state index contributed by atoms with van der Waals surface area (Å²) in [4.78, 5) is 24.6. The van der Waals surface area contributed by atoms with Crippen molar-refractivity contribution in [2.45, 2.75) is 13.0 Å². The lowest BCUT2D eigenvalue weighted by Gasteiger charge is -2.14. The number of rotatable bonds is 6. The van der Waals surface area contributed by atoms with Crippen molar-refractivity contribution in [1.29, 1.82) is 0 Å². The Balaban J connectivity index is 2.17. The Labute approximate surface area is 155 Å². The molecule has 1 atom stereocenters. The first-order valence-corrected chi connectivity index (χ1v) is 8.05. The number of Topliss-reactive ketones (excluding diaryl/α,β-unsaturated/α-hetero) is 1. The van der Waals surface area contributed by atoms with E-state index in [4.69, 9.17) is 37.4 Å². The van der Waals surface area contributed by atoms with Crippen molar-refractivity contribution < 1.29 is 23.8 Å². The van der Waals surface area contributed by atoms with E-state index in [1.807, 2.05) is 0 Å². The second-order valence-corrected chi connectivity index (χ2v) is 5.96. The van der Waals surface area contributed by atoms with E-state index in [-0.39, 0.29) is 16.4 Å². The van der Waals surface area contributed by atoms with Crippen LogP contribution in [0.25, 0.3) is 0 Å². The van der Waals surface area contributed by atoms with Crippen LogP contribution in [0.3, 0.4) is 0 Å². The number of benzene rings is 2. The van der Waals surface area contributed by atoms with Crippen LogP contribution in [0, 0.1) is 0 Å². The molecule has 25 heavy (non-hydrogen) atoms. The summed E-state index contributed by atoms with van der Waals surface area (Å²) in [6.45, 7) is 1.50. The number of esters is 1. The summed E-state index contributed by atoms with van der Waals surface area (Å²) in [6.07, 6.45) is -0.972. The Morgan fingerprint density at radius 2 is 1.60 bits per heavy atom. The van der Waals surface area contributed by atoms with Crippen molar-refractivity contribution in [3.8, 4) is 11.5 Å². The van der Waals surface area contributed by atoms with Gasteiger partial charge >= 0.3 is 5.97 Å². The topological polar surface area (TPSA) is 61.8 Å². The largest absolute Gasteiger partial charge is 0.493 e. The van der Waals surface area contributed by atoms with Gasteiger partial charge in [-0.05, 0) is 43.3 Å². The number of halogens is 2. The zero-order valence-electron chi connectivity index (χ0n) is 13.8. The standard InChI is InChI=1S/C18H16Cl2O5/c1-10(16(21)11-4-6-13(19)7-5-11)25-18(22)12-8-14(20)17(24-3)15(9-12)23-2/h4-10H,1-3H3. The van der Waals surface area contributed by atoms with Crippen molar-refractivity contribution >= 4 is 35.0 Å². The highest BCUT2D eigenvalue weighted by atomic mass is 35.5. The number of carbonyl (C=O) groups excluding carboxylic acids is 2. The van der Waals surface area contributed by atoms with E-state index in [1.54, 1.807) is 24.3 Å². The maximum absolute atomic E-state index is 12.3. The molecule has 0 heterocycles. The van der Waals surface area contributed by atoms with E-state index >= 15 is 0 Å². The Morgan fingerprint density at radius 3 is 2.16 bits per heavy atom. The molecule has 2 aromatic rings. The van der Waals surface area contributed by atoms with Crippen LogP contribution in [0.4, 0.5) is 0 Å². The fourth-order valence-corrected chi connectivity index (χ4v) is 2.58. The quantitative estimate of drug-likeness (QED) is 0.545. The predicted molar refractivity (Wildman–Crippen MR) is 95.2 cm³/mol. The second-order valence-electron chi connectivity index (χ2n) is 5.11. The van der Waals surface area contributed by atoms with E-state index in [9.17, 15) is 9.59 Å². The fourth-order valence-electron chi connectivity index (χ4n) is 2.17. The van der Waals surface area contributed by atoms with Crippen molar-refractivity contribution in [2.24, 2.45) is 0 Å². The van der Waals surface area contributed by atoms with Crippen LogP contribution in [0.2, 0.25) is 10.0 Å². The molecule has 1 unspecified atom stereocenters. The van der Waals surface area contributed by atoms with Crippen LogP contribution in [0.1, 0.15) is 27.6 Å². The molecule has 0 saturated carbocycles. The average Bonchev–Trinajstić information content (AvgIpc) is 2.60. The lowest BCUT2D eigenvalue weighted by molar-refractivity contribution is 0.0318. The SMILES string of the molecule is COc1cc(C(=O)OC(C)C(=O)c2ccc(Cl)cc2)cc(Cl)c1OC. The molecule has 2 aromatic carbocycles. The molecule has 0 saturated heterocycles. The molecule has 132 valence electrons. The first-order chi connectivity index (χ1) is 11.9. The number of ketones is 1. The number of carbonyl (C=O) groups is 2. The van der Waals surface area contributed by atoms with Gasteiger partial charge in [-0.2, -0.15) is 0 Å². The van der Waals surface area contributed by atoms with Crippen molar-refractivity contribution in [3.63, 3.8) is 0 Å². The van der Waals surface area contributed by atoms with Gasteiger partial charge in [-0.25, -0.2) is 4.79 Å². The number of ether oxygens (including phenoxy) is 3. The molecule has 0 radical (unpaired) electrons. The third kappa shape index (κ3) is 4.44. The van der Waals surface area contributed by atoms with E-state index in [0.717, 1.165) is 0 Å². The normalized spacial score (nSPS) is 11.6. The molecule has 0 amide bonds. The average molecular weight is 383 g/mol. The Bertz CT molecular complexity index is 787. The zero-order chi connectivity index (χ0) is 18.6. The van der Waals surface area contributed by atoms with Crippen molar-refractivity contribution in [2.75, 3.05) is 14.2 Å². The third-order valence-electron chi connectivity index (χ3n) is 3.45. The molecule has 0 aliphatic carbocycles. The lowest BCUT2D eigenvalue weighted by atomic mass is 10.1. The van der Waals surface area contributed by atoms with Gasteiger partial charge in [0, 0.05) is 10.6 Å². The van der Waals surface area contributed by atoms with Gasteiger partial charge in [-0.1, -0.05) is 23.2 Å². The molecule has 5 nitrogen and oxygen atoms in total. The zero-order valence-corrected chi connectivity index (χ0v) is 15.4. The highest BCUT2D eigenvalue weighted by Crippen LogP contribution is 2.36. The first kappa shape index (κ1) is 19.1. The molecule has 2 rings (SSSR count). The summed E-state index contributed by atoms with van der Waals surface area (Å²) in [7, 11) is 2.87. The molecule has 0 aliphatic heterocycles. The summed E-state index contributed by atoms with van der Waals surface area (Å²) in [6, 6.07) is 9.16. The van der Waals surface area contributed by atoms with Crippen LogP contribution in [-0.2, 0) is 4.74 Å². The smallest absolute Gasteiger partial charge is 0.339 e. The van der Waals surface area contributed by atoms with Gasteiger partial charge in [0.05, 0.1) is 24.8 Å². The predicted octanol–water partition coefficient (Wildman–Crippen LogP) is 4.44. The van der Waals surface area contributed by atoms with Crippen LogP contribution < -0.4 is 9.47 Å². The minimum Gasteiger partial charge on any atom is -0.493 e.